The molecule has 0 saturated heterocycles. The fraction of sp³-hybridized carbons (Fsp3) is 0.211. The second-order valence-electron chi connectivity index (χ2n) is 6.07. The number of nitrogens with zero attached hydrogens (tertiary/aromatic N) is 4. The second-order valence-corrected chi connectivity index (χ2v) is 6.07. The summed E-state index contributed by atoms with van der Waals surface area (Å²) in [7, 11) is 0. The maximum atomic E-state index is 12.7. The molecule has 1 aliphatic heterocycles. The zero-order chi connectivity index (χ0) is 17.1. The van der Waals surface area contributed by atoms with E-state index in [4.69, 9.17) is 0 Å². The molecule has 3 aromatic rings. The van der Waals surface area contributed by atoms with Crippen molar-refractivity contribution in [3.8, 4) is 0 Å². The molecule has 6 heteroatoms. The Balaban J connectivity index is 1.61. The van der Waals surface area contributed by atoms with Crippen molar-refractivity contribution in [3.63, 3.8) is 0 Å². The van der Waals surface area contributed by atoms with Crippen LogP contribution in [0.2, 0.25) is 0 Å². The van der Waals surface area contributed by atoms with E-state index in [1.54, 1.807) is 24.8 Å². The molecule has 3 aromatic heterocycles. The Morgan fingerprint density at radius 3 is 2.76 bits per heavy atom. The van der Waals surface area contributed by atoms with E-state index in [0.29, 0.717) is 18.8 Å². The summed E-state index contributed by atoms with van der Waals surface area (Å²) in [6.45, 7) is 2.70. The number of nitrogens with one attached hydrogen (secondary N) is 1. The maximum Gasteiger partial charge on any atom is 0.270 e. The molecule has 1 N–H and O–H groups in total. The van der Waals surface area contributed by atoms with Gasteiger partial charge in [0.2, 0.25) is 0 Å². The van der Waals surface area contributed by atoms with Gasteiger partial charge in [0.1, 0.15) is 11.5 Å². The number of amides is 1. The fourth-order valence-electron chi connectivity index (χ4n) is 3.14. The van der Waals surface area contributed by atoms with Gasteiger partial charge >= 0.3 is 0 Å². The van der Waals surface area contributed by atoms with Gasteiger partial charge in [0, 0.05) is 56.5 Å². The largest absolute Gasteiger partial charge is 0.357 e. The molecule has 0 bridgehead atoms. The predicted octanol–water partition coefficient (Wildman–Crippen LogP) is 2.47. The van der Waals surface area contributed by atoms with E-state index in [9.17, 15) is 4.79 Å². The smallest absolute Gasteiger partial charge is 0.270 e. The van der Waals surface area contributed by atoms with Crippen molar-refractivity contribution in [2.24, 2.45) is 0 Å². The lowest BCUT2D eigenvalue weighted by Crippen LogP contribution is -2.35. The van der Waals surface area contributed by atoms with Gasteiger partial charge in [-0.25, -0.2) is 4.98 Å². The fourth-order valence-corrected chi connectivity index (χ4v) is 3.14. The third-order valence-corrected chi connectivity index (χ3v) is 4.41. The van der Waals surface area contributed by atoms with Crippen molar-refractivity contribution >= 4 is 11.7 Å². The Morgan fingerprint density at radius 2 is 1.96 bits per heavy atom. The summed E-state index contributed by atoms with van der Waals surface area (Å²) >= 11 is 0. The van der Waals surface area contributed by atoms with E-state index in [-0.39, 0.29) is 5.91 Å². The summed E-state index contributed by atoms with van der Waals surface area (Å²) in [5.41, 5.74) is 2.86. The summed E-state index contributed by atoms with van der Waals surface area (Å²) in [6, 6.07) is 11.6. The van der Waals surface area contributed by atoms with Gasteiger partial charge in [-0.05, 0) is 35.9 Å². The zero-order valence-electron chi connectivity index (χ0n) is 13.8. The van der Waals surface area contributed by atoms with Crippen molar-refractivity contribution < 1.29 is 4.79 Å². The van der Waals surface area contributed by atoms with E-state index >= 15 is 0 Å². The molecule has 0 saturated carbocycles. The molecule has 25 heavy (non-hydrogen) atoms. The molecule has 6 nitrogen and oxygen atoms in total. The minimum absolute atomic E-state index is 0.0190. The van der Waals surface area contributed by atoms with Crippen LogP contribution in [0.3, 0.4) is 0 Å². The Kier molecular flexibility index (Phi) is 4.16. The molecule has 0 aliphatic carbocycles. The highest BCUT2D eigenvalue weighted by atomic mass is 16.2. The monoisotopic (exact) mass is 333 g/mol. The molecule has 4 rings (SSSR count). The summed E-state index contributed by atoms with van der Waals surface area (Å²) in [6.07, 6.45) is 7.18. The molecule has 0 fully saturated rings. The van der Waals surface area contributed by atoms with Gasteiger partial charge in [0.15, 0.2) is 0 Å². The first-order chi connectivity index (χ1) is 12.3. The number of aromatic amines is 1. The lowest BCUT2D eigenvalue weighted by atomic mass is 10.2. The van der Waals surface area contributed by atoms with E-state index in [2.05, 4.69) is 19.9 Å². The molecule has 0 aromatic carbocycles. The molecule has 1 aliphatic rings. The number of aromatic nitrogens is 3. The number of H-pyrrole nitrogens is 1. The topological polar surface area (TPSA) is 65.1 Å². The van der Waals surface area contributed by atoms with Crippen molar-refractivity contribution in [1.82, 2.24) is 19.9 Å². The first kappa shape index (κ1) is 15.4. The van der Waals surface area contributed by atoms with Gasteiger partial charge in [-0.1, -0.05) is 6.07 Å². The summed E-state index contributed by atoms with van der Waals surface area (Å²) in [5.74, 6) is 0.965. The highest BCUT2D eigenvalue weighted by Gasteiger charge is 2.24. The number of carbonyl (C=O) groups excluding carboxylic acids is 1. The standard InChI is InChI=1S/C19H19N5O/c25-19(17-4-2-7-21-17)24-12-11-23(13-15-5-9-20-10-6-15)18-16(14-24)3-1-8-22-18/h1-10,21H,11-14H2. The Morgan fingerprint density at radius 1 is 1.08 bits per heavy atom. The van der Waals surface area contributed by atoms with Crippen LogP contribution in [0.5, 0.6) is 0 Å². The van der Waals surface area contributed by atoms with Crippen molar-refractivity contribution in [2.45, 2.75) is 13.1 Å². The number of hydrogen-bond donors (Lipinski definition) is 1. The minimum Gasteiger partial charge on any atom is -0.357 e. The van der Waals surface area contributed by atoms with Gasteiger partial charge in [-0.3, -0.25) is 9.78 Å². The van der Waals surface area contributed by atoms with Gasteiger partial charge in [-0.15, -0.1) is 0 Å². The quantitative estimate of drug-likeness (QED) is 0.800. The van der Waals surface area contributed by atoms with E-state index in [1.807, 2.05) is 41.3 Å². The lowest BCUT2D eigenvalue weighted by Gasteiger charge is -2.23. The SMILES string of the molecule is O=C(c1ccc[nH]1)N1CCN(Cc2ccncc2)c2ncccc2C1. The minimum atomic E-state index is 0.0190. The summed E-state index contributed by atoms with van der Waals surface area (Å²) in [4.78, 5) is 28.5. The summed E-state index contributed by atoms with van der Waals surface area (Å²) in [5, 5.41) is 0. The molecule has 0 radical (unpaired) electrons. The first-order valence-corrected chi connectivity index (χ1v) is 8.31. The van der Waals surface area contributed by atoms with Crippen LogP contribution in [-0.2, 0) is 13.1 Å². The van der Waals surface area contributed by atoms with Crippen LogP contribution >= 0.6 is 0 Å². The number of hydrogen-bond acceptors (Lipinski definition) is 4. The van der Waals surface area contributed by atoms with Crippen molar-refractivity contribution in [2.75, 3.05) is 18.0 Å². The van der Waals surface area contributed by atoms with Crippen LogP contribution in [0.25, 0.3) is 0 Å². The average molecular weight is 333 g/mol. The van der Waals surface area contributed by atoms with Crippen LogP contribution in [0.15, 0.2) is 61.2 Å². The molecular weight excluding hydrogens is 314 g/mol. The Labute approximate surface area is 146 Å². The Hall–Kier alpha value is -3.15. The molecule has 1 amide bonds. The third kappa shape index (κ3) is 3.24. The van der Waals surface area contributed by atoms with Gasteiger partial charge in [0.25, 0.3) is 5.91 Å². The molecule has 0 unspecified atom stereocenters. The van der Waals surface area contributed by atoms with E-state index < -0.39 is 0 Å². The van der Waals surface area contributed by atoms with Gasteiger partial charge in [0.05, 0.1) is 0 Å². The number of pyridine rings is 2. The highest BCUT2D eigenvalue weighted by Crippen LogP contribution is 2.24. The highest BCUT2D eigenvalue weighted by molar-refractivity contribution is 5.92. The average Bonchev–Trinajstić information content (AvgIpc) is 3.13. The zero-order valence-corrected chi connectivity index (χ0v) is 13.8. The second kappa shape index (κ2) is 6.76. The van der Waals surface area contributed by atoms with Crippen molar-refractivity contribution in [3.05, 3.63) is 78.0 Å². The van der Waals surface area contributed by atoms with Crippen LogP contribution in [0.1, 0.15) is 21.6 Å². The number of fused-ring (bicyclic) bond motifs is 1. The number of anilines is 1. The predicted molar refractivity (Wildman–Crippen MR) is 95.1 cm³/mol. The Bertz CT molecular complexity index is 847. The van der Waals surface area contributed by atoms with Crippen LogP contribution in [0.4, 0.5) is 5.82 Å². The third-order valence-electron chi connectivity index (χ3n) is 4.41. The molecule has 126 valence electrons. The molecule has 4 heterocycles. The number of rotatable bonds is 3. The van der Waals surface area contributed by atoms with Gasteiger partial charge in [-0.2, -0.15) is 0 Å². The molecular formula is C19H19N5O. The van der Waals surface area contributed by atoms with Crippen molar-refractivity contribution in [1.29, 1.82) is 0 Å². The van der Waals surface area contributed by atoms with Crippen LogP contribution in [0, 0.1) is 0 Å². The lowest BCUT2D eigenvalue weighted by molar-refractivity contribution is 0.0746. The van der Waals surface area contributed by atoms with Crippen LogP contribution in [-0.4, -0.2) is 38.8 Å². The number of carbonyl (C=O) groups is 1. The van der Waals surface area contributed by atoms with E-state index in [0.717, 1.165) is 24.5 Å². The van der Waals surface area contributed by atoms with Gasteiger partial charge < -0.3 is 14.8 Å². The van der Waals surface area contributed by atoms with E-state index in [1.165, 1.54) is 5.56 Å². The normalized spacial score (nSPS) is 14.1. The van der Waals surface area contributed by atoms with Crippen LogP contribution < -0.4 is 4.90 Å². The molecule has 0 spiro atoms. The molecule has 0 atom stereocenters. The first-order valence-electron chi connectivity index (χ1n) is 8.31. The summed E-state index contributed by atoms with van der Waals surface area (Å²) < 4.78 is 0. The maximum absolute atomic E-state index is 12.7.